The number of benzene rings is 2. The zero-order valence-electron chi connectivity index (χ0n) is 24.6. The summed E-state index contributed by atoms with van der Waals surface area (Å²) in [5.41, 5.74) is 1.41. The average Bonchev–Trinajstić information content (AvgIpc) is 3.57. The van der Waals surface area contributed by atoms with E-state index in [1.165, 1.54) is 4.90 Å². The van der Waals surface area contributed by atoms with Gasteiger partial charge in [-0.2, -0.15) is 0 Å². The predicted molar refractivity (Wildman–Crippen MR) is 165 cm³/mol. The highest BCUT2D eigenvalue weighted by Gasteiger charge is 2.77. The van der Waals surface area contributed by atoms with Crippen molar-refractivity contribution in [2.45, 2.75) is 69.3 Å². The number of fused-ring (bicyclic) bond motifs is 1. The number of carbonyl (C=O) groups excluding carboxylic acids is 3. The maximum atomic E-state index is 14.3. The third kappa shape index (κ3) is 5.22. The van der Waals surface area contributed by atoms with E-state index in [1.807, 2.05) is 68.4 Å². The molecule has 2 aromatic rings. The molecule has 2 bridgehead atoms. The van der Waals surface area contributed by atoms with Crippen LogP contribution in [0.3, 0.4) is 0 Å². The first-order valence-corrected chi connectivity index (χ1v) is 15.8. The highest BCUT2D eigenvalue weighted by atomic mass is 79.9. The molecule has 0 aliphatic carbocycles. The second kappa shape index (κ2) is 12.3. The molecule has 5 rings (SSSR count). The fraction of sp³-hybridized carbons (Fsp3) is 0.531. The van der Waals surface area contributed by atoms with E-state index in [4.69, 9.17) is 4.74 Å². The van der Waals surface area contributed by atoms with Crippen molar-refractivity contribution in [2.75, 3.05) is 29.9 Å². The van der Waals surface area contributed by atoms with Crippen LogP contribution in [0.5, 0.6) is 0 Å². The van der Waals surface area contributed by atoms with Gasteiger partial charge in [0.05, 0.1) is 30.6 Å². The smallest absolute Gasteiger partial charge is 0.250 e. The van der Waals surface area contributed by atoms with Crippen molar-refractivity contribution < 1.29 is 24.2 Å². The van der Waals surface area contributed by atoms with Crippen LogP contribution in [0.15, 0.2) is 54.6 Å². The molecule has 3 saturated heterocycles. The number of alkyl halides is 1. The monoisotopic (exact) mass is 640 g/mol. The van der Waals surface area contributed by atoms with E-state index in [1.54, 1.807) is 0 Å². The average molecular weight is 642 g/mol. The number of halogens is 1. The van der Waals surface area contributed by atoms with Crippen LogP contribution < -0.4 is 15.5 Å². The third-order valence-corrected chi connectivity index (χ3v) is 10.0. The number of nitrogens with zero attached hydrogens (tertiary/aromatic N) is 2. The summed E-state index contributed by atoms with van der Waals surface area (Å²) >= 11 is 3.71. The van der Waals surface area contributed by atoms with Crippen molar-refractivity contribution >= 4 is 45.0 Å². The van der Waals surface area contributed by atoms with Crippen LogP contribution in [0.25, 0.3) is 0 Å². The Bertz CT molecular complexity index is 1290. The van der Waals surface area contributed by atoms with Gasteiger partial charge in [0.1, 0.15) is 11.6 Å². The van der Waals surface area contributed by atoms with Gasteiger partial charge in [0.15, 0.2) is 0 Å². The summed E-state index contributed by atoms with van der Waals surface area (Å²) in [4.78, 5) is 45.7. The molecular weight excluding hydrogens is 600 g/mol. The van der Waals surface area contributed by atoms with Gasteiger partial charge in [-0.25, -0.2) is 0 Å². The summed E-state index contributed by atoms with van der Waals surface area (Å²) < 4.78 is 6.59. The van der Waals surface area contributed by atoms with E-state index in [2.05, 4.69) is 45.3 Å². The van der Waals surface area contributed by atoms with Gasteiger partial charge < -0.3 is 30.3 Å². The molecule has 10 heteroatoms. The fourth-order valence-corrected chi connectivity index (χ4v) is 8.04. The molecule has 3 aliphatic heterocycles. The van der Waals surface area contributed by atoms with Gasteiger partial charge >= 0.3 is 0 Å². The first-order chi connectivity index (χ1) is 20.2. The summed E-state index contributed by atoms with van der Waals surface area (Å²) in [6.45, 7) is 9.77. The second-order valence-corrected chi connectivity index (χ2v) is 13.0. The van der Waals surface area contributed by atoms with E-state index >= 15 is 0 Å². The number of aliphatic hydroxyl groups excluding tert-OH is 1. The molecule has 2 aromatic carbocycles. The lowest BCUT2D eigenvalue weighted by Gasteiger charge is -2.38. The summed E-state index contributed by atoms with van der Waals surface area (Å²) in [6.07, 6.45) is -0.144. The Morgan fingerprint density at radius 3 is 2.36 bits per heavy atom. The van der Waals surface area contributed by atoms with E-state index in [-0.39, 0.29) is 35.1 Å². The van der Waals surface area contributed by atoms with E-state index < -0.39 is 35.6 Å². The van der Waals surface area contributed by atoms with E-state index in [0.29, 0.717) is 18.7 Å². The zero-order chi connectivity index (χ0) is 30.2. The largest absolute Gasteiger partial charge is 0.394 e. The van der Waals surface area contributed by atoms with Crippen LogP contribution in [-0.2, 0) is 25.7 Å². The lowest BCUT2D eigenvalue weighted by Crippen LogP contribution is -2.57. The number of ether oxygens (including phenoxy) is 1. The number of anilines is 2. The Morgan fingerprint density at radius 1 is 1.10 bits per heavy atom. The predicted octanol–water partition coefficient (Wildman–Crippen LogP) is 3.55. The number of rotatable bonds is 11. The van der Waals surface area contributed by atoms with Gasteiger partial charge in [0, 0.05) is 35.8 Å². The normalized spacial score (nSPS) is 28.6. The fourth-order valence-electron chi connectivity index (χ4n) is 7.10. The molecule has 226 valence electrons. The quantitative estimate of drug-likeness (QED) is 0.324. The Hall–Kier alpha value is -2.95. The summed E-state index contributed by atoms with van der Waals surface area (Å²) in [5.74, 6) is -2.69. The van der Waals surface area contributed by atoms with Gasteiger partial charge in [-0.15, -0.1) is 0 Å². The van der Waals surface area contributed by atoms with Gasteiger partial charge in [0.2, 0.25) is 17.7 Å². The molecule has 42 heavy (non-hydrogen) atoms. The molecule has 9 nitrogen and oxygen atoms in total. The van der Waals surface area contributed by atoms with Crippen molar-refractivity contribution in [3.63, 3.8) is 0 Å². The lowest BCUT2D eigenvalue weighted by molar-refractivity contribution is -0.145. The van der Waals surface area contributed by atoms with Gasteiger partial charge in [0.25, 0.3) is 0 Å². The number of hydrogen-bond donors (Lipinski definition) is 3. The zero-order valence-corrected chi connectivity index (χ0v) is 26.2. The van der Waals surface area contributed by atoms with Gasteiger partial charge in [-0.3, -0.25) is 14.4 Å². The van der Waals surface area contributed by atoms with Crippen molar-refractivity contribution in [1.82, 2.24) is 10.2 Å². The van der Waals surface area contributed by atoms with E-state index in [0.717, 1.165) is 24.3 Å². The highest BCUT2D eigenvalue weighted by Crippen LogP contribution is 2.60. The summed E-state index contributed by atoms with van der Waals surface area (Å²) in [5, 5.41) is 16.4. The minimum atomic E-state index is -1.20. The molecule has 3 unspecified atom stereocenters. The molecule has 3 aliphatic rings. The van der Waals surface area contributed by atoms with Gasteiger partial charge in [-0.05, 0) is 56.0 Å². The third-order valence-electron chi connectivity index (χ3n) is 9.17. The van der Waals surface area contributed by atoms with Crippen LogP contribution in [0.1, 0.15) is 39.7 Å². The number of nitrogens with one attached hydrogen (secondary N) is 2. The molecule has 3 heterocycles. The Kier molecular flexibility index (Phi) is 8.97. The Morgan fingerprint density at radius 2 is 1.76 bits per heavy atom. The van der Waals surface area contributed by atoms with Crippen molar-refractivity contribution in [2.24, 2.45) is 17.8 Å². The molecule has 3 amide bonds. The van der Waals surface area contributed by atoms with Crippen LogP contribution in [0.2, 0.25) is 0 Å². The van der Waals surface area contributed by atoms with Crippen LogP contribution >= 0.6 is 15.9 Å². The second-order valence-electron chi connectivity index (χ2n) is 11.8. The molecule has 0 saturated carbocycles. The standard InChI is InChI=1S/C32H41BrN4O5/c1-5-36(6-2)22-14-12-21(13-15-22)35-30(40)28-32-16-23(33)27(42-32)25(29(39)34-17-20-10-8-7-9-11-20)26(32)31(41)37(28)24(18-38)19(3)4/h7-15,19,23-28,38H,5-6,16-18H2,1-4H3,(H,34,39)(H,35,40)/t23?,24-,25+,26-,27+,28?,32?/m0/s1. The van der Waals surface area contributed by atoms with Crippen LogP contribution in [-0.4, -0.2) is 76.0 Å². The molecular formula is C32H41BrN4O5. The molecule has 7 atom stereocenters. The first-order valence-electron chi connectivity index (χ1n) is 14.9. The molecule has 3 N–H and O–H groups in total. The Balaban J connectivity index is 1.46. The van der Waals surface area contributed by atoms with Crippen LogP contribution in [0, 0.1) is 17.8 Å². The van der Waals surface area contributed by atoms with Crippen molar-refractivity contribution in [3.05, 3.63) is 60.2 Å². The number of likely N-dealkylation sites (tertiary alicyclic amines) is 1. The number of carbonyl (C=O) groups is 3. The number of amides is 3. The number of aliphatic hydroxyl groups is 1. The minimum Gasteiger partial charge on any atom is -0.394 e. The van der Waals surface area contributed by atoms with Gasteiger partial charge in [-0.1, -0.05) is 60.1 Å². The van der Waals surface area contributed by atoms with Crippen LogP contribution in [0.4, 0.5) is 11.4 Å². The summed E-state index contributed by atoms with van der Waals surface area (Å²) in [6, 6.07) is 15.6. The maximum absolute atomic E-state index is 14.3. The lowest BCUT2D eigenvalue weighted by atomic mass is 9.70. The van der Waals surface area contributed by atoms with E-state index in [9.17, 15) is 19.5 Å². The van der Waals surface area contributed by atoms with Crippen molar-refractivity contribution in [3.8, 4) is 0 Å². The number of hydrogen-bond acceptors (Lipinski definition) is 6. The van der Waals surface area contributed by atoms with Crippen molar-refractivity contribution in [1.29, 1.82) is 0 Å². The molecule has 0 radical (unpaired) electrons. The topological polar surface area (TPSA) is 111 Å². The first kappa shape index (κ1) is 30.5. The molecule has 3 fully saturated rings. The Labute approximate surface area is 256 Å². The highest BCUT2D eigenvalue weighted by molar-refractivity contribution is 9.09. The maximum Gasteiger partial charge on any atom is 0.250 e. The molecule has 0 aromatic heterocycles. The summed E-state index contributed by atoms with van der Waals surface area (Å²) in [7, 11) is 0. The molecule has 1 spiro atoms. The SMILES string of the molecule is CCN(CC)c1ccc(NC(=O)C2N([C@@H](CO)C(C)C)C(=O)[C@@H]3[C@@H](C(=O)NCc4ccccc4)[C@@H]4OC23CC4Br)cc1. The minimum absolute atomic E-state index is 0.125.